The van der Waals surface area contributed by atoms with Crippen LogP contribution in [0.1, 0.15) is 6.92 Å². The number of aliphatic hydroxyl groups is 1. The van der Waals surface area contributed by atoms with Crippen LogP contribution in [-0.2, 0) is 9.53 Å². The van der Waals surface area contributed by atoms with Crippen molar-refractivity contribution >= 4 is 5.97 Å². The summed E-state index contributed by atoms with van der Waals surface area (Å²) < 4.78 is 4.39. The van der Waals surface area contributed by atoms with Crippen LogP contribution < -0.4 is 0 Å². The lowest BCUT2D eigenvalue weighted by Crippen LogP contribution is -2.47. The lowest BCUT2D eigenvalue weighted by molar-refractivity contribution is -0.162. The fourth-order valence-electron chi connectivity index (χ4n) is 1.09. The van der Waals surface area contributed by atoms with Gasteiger partial charge in [0.15, 0.2) is 5.60 Å². The Morgan fingerprint density at radius 3 is 2.27 bits per heavy atom. The summed E-state index contributed by atoms with van der Waals surface area (Å²) >= 11 is 0. The number of carbonyl (C=O) groups excluding carboxylic acids is 1. The van der Waals surface area contributed by atoms with Gasteiger partial charge in [-0.15, -0.1) is 0 Å². The summed E-state index contributed by atoms with van der Waals surface area (Å²) in [5.41, 5.74) is -1.71. The summed E-state index contributed by atoms with van der Waals surface area (Å²) in [6, 6.07) is 3.69. The lowest BCUT2D eigenvalue weighted by atomic mass is 10.1. The summed E-state index contributed by atoms with van der Waals surface area (Å²) in [6.07, 6.45) is 0. The van der Waals surface area contributed by atoms with Crippen molar-refractivity contribution in [3.05, 3.63) is 0 Å². The van der Waals surface area contributed by atoms with Gasteiger partial charge in [-0.25, -0.2) is 4.79 Å². The van der Waals surface area contributed by atoms with Crippen molar-refractivity contribution in [3.63, 3.8) is 0 Å². The van der Waals surface area contributed by atoms with Crippen LogP contribution in [0.2, 0.25) is 0 Å². The van der Waals surface area contributed by atoms with Gasteiger partial charge in [-0.3, -0.25) is 4.90 Å². The minimum absolute atomic E-state index is 0.0271. The maximum atomic E-state index is 11.1. The van der Waals surface area contributed by atoms with Gasteiger partial charge in [0.1, 0.15) is 0 Å². The van der Waals surface area contributed by atoms with Gasteiger partial charge in [-0.1, -0.05) is 0 Å². The van der Waals surface area contributed by atoms with E-state index in [4.69, 9.17) is 10.5 Å². The monoisotopic (exact) mass is 211 g/mol. The highest BCUT2D eigenvalue weighted by Crippen LogP contribution is 2.08. The zero-order chi connectivity index (χ0) is 11.9. The lowest BCUT2D eigenvalue weighted by Gasteiger charge is -2.25. The molecule has 0 radical (unpaired) electrons. The molecule has 0 amide bonds. The smallest absolute Gasteiger partial charge is 0.338 e. The first-order chi connectivity index (χ1) is 6.97. The molecular weight excluding hydrogens is 198 g/mol. The predicted molar refractivity (Wildman–Crippen MR) is 50.3 cm³/mol. The molecule has 1 atom stereocenters. The highest BCUT2D eigenvalue weighted by Gasteiger charge is 2.33. The Morgan fingerprint density at radius 1 is 1.47 bits per heavy atom. The molecule has 15 heavy (non-hydrogen) atoms. The standard InChI is InChI=1S/C9H13N3O3/c1-9(14,8(13)15-2)7-12(5-3-10)6-4-11/h14H,5-7H2,1-2H3. The van der Waals surface area contributed by atoms with Crippen LogP contribution in [0.15, 0.2) is 0 Å². The normalized spacial score (nSPS) is 13.7. The fraction of sp³-hybridized carbons (Fsp3) is 0.667. The Hall–Kier alpha value is -1.63. The molecule has 0 heterocycles. The number of carbonyl (C=O) groups is 1. The number of esters is 1. The van der Waals surface area contributed by atoms with Crippen LogP contribution in [0.3, 0.4) is 0 Å². The van der Waals surface area contributed by atoms with Crippen molar-refractivity contribution in [1.29, 1.82) is 10.5 Å². The van der Waals surface area contributed by atoms with Gasteiger partial charge in [0, 0.05) is 6.54 Å². The second-order valence-corrected chi connectivity index (χ2v) is 3.23. The molecule has 0 aromatic rings. The van der Waals surface area contributed by atoms with E-state index in [1.54, 1.807) is 0 Å². The van der Waals surface area contributed by atoms with E-state index in [1.807, 2.05) is 12.1 Å². The Balaban J connectivity index is 4.46. The second-order valence-electron chi connectivity index (χ2n) is 3.23. The third-order valence-corrected chi connectivity index (χ3v) is 1.75. The zero-order valence-corrected chi connectivity index (χ0v) is 8.73. The molecule has 0 aromatic carbocycles. The van der Waals surface area contributed by atoms with E-state index in [1.165, 1.54) is 11.8 Å². The molecule has 0 aliphatic carbocycles. The molecule has 0 spiro atoms. The number of nitriles is 2. The Labute approximate surface area is 88.3 Å². The molecular formula is C9H13N3O3. The first-order valence-electron chi connectivity index (χ1n) is 4.25. The molecule has 0 aromatic heterocycles. The number of methoxy groups -OCH3 is 1. The average Bonchev–Trinajstić information content (AvgIpc) is 2.16. The van der Waals surface area contributed by atoms with Gasteiger partial charge >= 0.3 is 5.97 Å². The quantitative estimate of drug-likeness (QED) is 0.475. The Morgan fingerprint density at radius 2 is 1.93 bits per heavy atom. The molecule has 1 unspecified atom stereocenters. The van der Waals surface area contributed by atoms with Crippen molar-refractivity contribution in [1.82, 2.24) is 4.90 Å². The molecule has 6 nitrogen and oxygen atoms in total. The molecule has 0 saturated carbocycles. The molecule has 0 fully saturated rings. The van der Waals surface area contributed by atoms with Crippen LogP contribution in [0.25, 0.3) is 0 Å². The highest BCUT2D eigenvalue weighted by atomic mass is 16.5. The molecule has 0 saturated heterocycles. The van der Waals surface area contributed by atoms with E-state index in [0.29, 0.717) is 0 Å². The summed E-state index contributed by atoms with van der Waals surface area (Å²) in [4.78, 5) is 12.5. The summed E-state index contributed by atoms with van der Waals surface area (Å²) in [5, 5.41) is 26.6. The van der Waals surface area contributed by atoms with E-state index in [9.17, 15) is 9.90 Å². The molecule has 0 aliphatic rings. The largest absolute Gasteiger partial charge is 0.467 e. The summed E-state index contributed by atoms with van der Waals surface area (Å²) in [5.74, 6) is -0.789. The molecule has 0 bridgehead atoms. The van der Waals surface area contributed by atoms with Gasteiger partial charge in [-0.05, 0) is 6.92 Å². The number of hydrogen-bond acceptors (Lipinski definition) is 6. The van der Waals surface area contributed by atoms with Crippen LogP contribution in [-0.4, -0.2) is 48.3 Å². The number of hydrogen-bond donors (Lipinski definition) is 1. The molecule has 6 heteroatoms. The van der Waals surface area contributed by atoms with E-state index >= 15 is 0 Å². The number of rotatable bonds is 5. The highest BCUT2D eigenvalue weighted by molar-refractivity contribution is 5.78. The van der Waals surface area contributed by atoms with Crippen molar-refractivity contribution in [3.8, 4) is 12.1 Å². The van der Waals surface area contributed by atoms with E-state index in [-0.39, 0.29) is 19.6 Å². The van der Waals surface area contributed by atoms with Gasteiger partial charge in [0.25, 0.3) is 0 Å². The Kier molecular flexibility index (Phi) is 5.32. The minimum Gasteiger partial charge on any atom is -0.467 e. The molecule has 82 valence electrons. The van der Waals surface area contributed by atoms with E-state index < -0.39 is 11.6 Å². The summed E-state index contributed by atoms with van der Waals surface area (Å²) in [6.45, 7) is 1.11. The van der Waals surface area contributed by atoms with Gasteiger partial charge < -0.3 is 9.84 Å². The van der Waals surface area contributed by atoms with Crippen LogP contribution in [0, 0.1) is 22.7 Å². The van der Waals surface area contributed by atoms with Crippen molar-refractivity contribution in [2.75, 3.05) is 26.7 Å². The topological polar surface area (TPSA) is 97.3 Å². The number of ether oxygens (including phenoxy) is 1. The van der Waals surface area contributed by atoms with Crippen molar-refractivity contribution in [2.45, 2.75) is 12.5 Å². The molecule has 0 aliphatic heterocycles. The Bertz CT molecular complexity index is 285. The maximum absolute atomic E-state index is 11.1. The predicted octanol–water partition coefficient (Wildman–Crippen LogP) is -0.740. The first kappa shape index (κ1) is 13.4. The van der Waals surface area contributed by atoms with Gasteiger partial charge in [-0.2, -0.15) is 10.5 Å². The fourth-order valence-corrected chi connectivity index (χ4v) is 1.09. The SMILES string of the molecule is COC(=O)C(C)(O)CN(CC#N)CC#N. The van der Waals surface area contributed by atoms with E-state index in [0.717, 1.165) is 7.11 Å². The van der Waals surface area contributed by atoms with Crippen LogP contribution >= 0.6 is 0 Å². The van der Waals surface area contributed by atoms with Gasteiger partial charge in [0.2, 0.25) is 0 Å². The average molecular weight is 211 g/mol. The molecule has 0 rings (SSSR count). The van der Waals surface area contributed by atoms with Crippen molar-refractivity contribution in [2.24, 2.45) is 0 Å². The third-order valence-electron chi connectivity index (χ3n) is 1.75. The molecule has 1 N–H and O–H groups in total. The zero-order valence-electron chi connectivity index (χ0n) is 8.73. The van der Waals surface area contributed by atoms with Crippen molar-refractivity contribution < 1.29 is 14.6 Å². The van der Waals surface area contributed by atoms with Crippen LogP contribution in [0.5, 0.6) is 0 Å². The maximum Gasteiger partial charge on any atom is 0.338 e. The second kappa shape index (κ2) is 5.97. The minimum atomic E-state index is -1.71. The van der Waals surface area contributed by atoms with E-state index in [2.05, 4.69) is 4.74 Å². The first-order valence-corrected chi connectivity index (χ1v) is 4.25. The van der Waals surface area contributed by atoms with Crippen LogP contribution in [0.4, 0.5) is 0 Å². The summed E-state index contributed by atoms with van der Waals surface area (Å²) in [7, 11) is 1.16. The van der Waals surface area contributed by atoms with Gasteiger partial charge in [0.05, 0.1) is 32.3 Å². The third kappa shape index (κ3) is 4.41. The number of nitrogens with zero attached hydrogens (tertiary/aromatic N) is 3.